The molecule has 0 atom stereocenters. The molecule has 0 aliphatic carbocycles. The van der Waals surface area contributed by atoms with Crippen LogP contribution in [0.25, 0.3) is 0 Å². The van der Waals surface area contributed by atoms with Crippen molar-refractivity contribution in [2.24, 2.45) is 0 Å². The number of carboxylic acid groups (broad SMARTS) is 1. The number of hydrogen-bond donors (Lipinski definition) is 1. The summed E-state index contributed by atoms with van der Waals surface area (Å²) in [5, 5.41) is 8.99. The van der Waals surface area contributed by atoms with Crippen LogP contribution in [0.4, 0.5) is 0 Å². The van der Waals surface area contributed by atoms with E-state index in [1.165, 1.54) is 25.7 Å². The van der Waals surface area contributed by atoms with Gasteiger partial charge in [-0.05, 0) is 46.3 Å². The van der Waals surface area contributed by atoms with Gasteiger partial charge in [-0.15, -0.1) is 11.8 Å². The monoisotopic (exact) mass is 316 g/mol. The van der Waals surface area contributed by atoms with E-state index in [4.69, 9.17) is 5.11 Å². The van der Waals surface area contributed by atoms with E-state index in [-0.39, 0.29) is 0 Å². The zero-order chi connectivity index (χ0) is 12.7. The number of benzene rings is 1. The van der Waals surface area contributed by atoms with Crippen LogP contribution in [0.15, 0.2) is 27.6 Å². The molecule has 0 bridgehead atoms. The Morgan fingerprint density at radius 2 is 2.12 bits per heavy atom. The summed E-state index contributed by atoms with van der Waals surface area (Å²) in [6.07, 6.45) is 4.97. The summed E-state index contributed by atoms with van der Waals surface area (Å²) in [4.78, 5) is 12.0. The third-order valence-corrected chi connectivity index (χ3v) is 4.21. The molecule has 0 saturated carbocycles. The van der Waals surface area contributed by atoms with Crippen molar-refractivity contribution in [3.63, 3.8) is 0 Å². The molecule has 0 fully saturated rings. The van der Waals surface area contributed by atoms with Gasteiger partial charge in [-0.3, -0.25) is 0 Å². The van der Waals surface area contributed by atoms with E-state index in [1.807, 2.05) is 6.07 Å². The Kier molecular flexibility index (Phi) is 6.66. The average Bonchev–Trinajstić information content (AvgIpc) is 2.30. The van der Waals surface area contributed by atoms with Crippen molar-refractivity contribution >= 4 is 33.7 Å². The molecule has 0 aliphatic heterocycles. The Balaban J connectivity index is 2.49. The van der Waals surface area contributed by atoms with E-state index in [2.05, 4.69) is 22.9 Å². The molecule has 0 spiro atoms. The Hall–Kier alpha value is -0.480. The summed E-state index contributed by atoms with van der Waals surface area (Å²) in [5.74, 6) is 0.172. The summed E-state index contributed by atoms with van der Waals surface area (Å²) < 4.78 is 0.639. The summed E-state index contributed by atoms with van der Waals surface area (Å²) in [6, 6.07) is 5.50. The van der Waals surface area contributed by atoms with E-state index in [1.54, 1.807) is 23.9 Å². The molecular weight excluding hydrogens is 300 g/mol. The second-order valence-corrected chi connectivity index (χ2v) is 5.88. The Morgan fingerprint density at radius 1 is 1.35 bits per heavy atom. The molecule has 1 aromatic rings. The second kappa shape index (κ2) is 7.77. The quantitative estimate of drug-likeness (QED) is 0.579. The highest BCUT2D eigenvalue weighted by Crippen LogP contribution is 2.25. The van der Waals surface area contributed by atoms with E-state index in [0.717, 1.165) is 10.6 Å². The number of aromatic carboxylic acids is 1. The molecule has 1 N–H and O–H groups in total. The lowest BCUT2D eigenvalue weighted by Crippen LogP contribution is -1.97. The van der Waals surface area contributed by atoms with E-state index >= 15 is 0 Å². The van der Waals surface area contributed by atoms with Crippen molar-refractivity contribution in [3.05, 3.63) is 28.2 Å². The van der Waals surface area contributed by atoms with Gasteiger partial charge in [0.05, 0.1) is 5.56 Å². The molecule has 4 heteroatoms. The Morgan fingerprint density at radius 3 is 2.76 bits per heavy atom. The van der Waals surface area contributed by atoms with Gasteiger partial charge in [-0.2, -0.15) is 0 Å². The molecule has 0 aromatic heterocycles. The maximum absolute atomic E-state index is 10.9. The van der Waals surface area contributed by atoms with Gasteiger partial charge in [0.1, 0.15) is 0 Å². The summed E-state index contributed by atoms with van der Waals surface area (Å²) in [7, 11) is 0. The smallest absolute Gasteiger partial charge is 0.336 e. The molecule has 0 unspecified atom stereocenters. The van der Waals surface area contributed by atoms with Crippen LogP contribution < -0.4 is 0 Å². The van der Waals surface area contributed by atoms with E-state index < -0.39 is 5.97 Å². The van der Waals surface area contributed by atoms with Crippen LogP contribution >= 0.6 is 27.7 Å². The minimum absolute atomic E-state index is 0.337. The fourth-order valence-electron chi connectivity index (χ4n) is 1.48. The first-order valence-electron chi connectivity index (χ1n) is 5.80. The third kappa shape index (κ3) is 5.13. The van der Waals surface area contributed by atoms with Gasteiger partial charge in [0.25, 0.3) is 0 Å². The molecule has 0 heterocycles. The van der Waals surface area contributed by atoms with Gasteiger partial charge in [-0.1, -0.05) is 26.2 Å². The zero-order valence-electron chi connectivity index (χ0n) is 9.91. The molecule has 0 aliphatic rings. The van der Waals surface area contributed by atoms with Gasteiger partial charge in [0.2, 0.25) is 0 Å². The van der Waals surface area contributed by atoms with Crippen LogP contribution in [0.3, 0.4) is 0 Å². The first-order chi connectivity index (χ1) is 8.15. The minimum atomic E-state index is -0.884. The Bertz CT molecular complexity index is 380. The predicted molar refractivity (Wildman–Crippen MR) is 76.0 cm³/mol. The van der Waals surface area contributed by atoms with Crippen LogP contribution in [0, 0.1) is 0 Å². The normalized spacial score (nSPS) is 10.5. The lowest BCUT2D eigenvalue weighted by atomic mass is 10.2. The van der Waals surface area contributed by atoms with Crippen molar-refractivity contribution in [3.8, 4) is 0 Å². The molecule has 2 nitrogen and oxygen atoms in total. The van der Waals surface area contributed by atoms with Crippen molar-refractivity contribution in [1.29, 1.82) is 0 Å². The molecule has 1 rings (SSSR count). The molecule has 94 valence electrons. The summed E-state index contributed by atoms with van der Waals surface area (Å²) >= 11 is 4.97. The number of hydrogen-bond acceptors (Lipinski definition) is 2. The van der Waals surface area contributed by atoms with Crippen molar-refractivity contribution in [1.82, 2.24) is 0 Å². The largest absolute Gasteiger partial charge is 0.478 e. The van der Waals surface area contributed by atoms with Gasteiger partial charge in [0, 0.05) is 9.37 Å². The SMILES string of the molecule is CCCCCCSc1ccc(Br)c(C(=O)O)c1. The van der Waals surface area contributed by atoms with Gasteiger partial charge in [0.15, 0.2) is 0 Å². The highest BCUT2D eigenvalue weighted by atomic mass is 79.9. The molecule has 0 amide bonds. The van der Waals surface area contributed by atoms with Crippen molar-refractivity contribution < 1.29 is 9.90 Å². The number of unbranched alkanes of at least 4 members (excludes halogenated alkanes) is 3. The van der Waals surface area contributed by atoms with E-state index in [0.29, 0.717) is 10.0 Å². The van der Waals surface area contributed by atoms with Crippen LogP contribution in [0.2, 0.25) is 0 Å². The number of halogens is 1. The standard InChI is InChI=1S/C13H17BrO2S/c1-2-3-4-5-8-17-10-6-7-12(14)11(9-10)13(15)16/h6-7,9H,2-5,8H2,1H3,(H,15,16). The van der Waals surface area contributed by atoms with E-state index in [9.17, 15) is 4.79 Å². The molecule has 17 heavy (non-hydrogen) atoms. The topological polar surface area (TPSA) is 37.3 Å². The van der Waals surface area contributed by atoms with Gasteiger partial charge < -0.3 is 5.11 Å². The predicted octanol–water partition coefficient (Wildman–Crippen LogP) is 4.82. The summed E-state index contributed by atoms with van der Waals surface area (Å²) in [5.41, 5.74) is 0.337. The maximum Gasteiger partial charge on any atom is 0.336 e. The summed E-state index contributed by atoms with van der Waals surface area (Å²) in [6.45, 7) is 2.20. The molecular formula is C13H17BrO2S. The average molecular weight is 317 g/mol. The first-order valence-corrected chi connectivity index (χ1v) is 7.58. The van der Waals surface area contributed by atoms with Crippen LogP contribution in [-0.2, 0) is 0 Å². The highest BCUT2D eigenvalue weighted by molar-refractivity contribution is 9.10. The third-order valence-electron chi connectivity index (χ3n) is 2.43. The fourth-order valence-corrected chi connectivity index (χ4v) is 2.84. The molecule has 1 aromatic carbocycles. The van der Waals surface area contributed by atoms with Crippen LogP contribution in [0.1, 0.15) is 43.0 Å². The first kappa shape index (κ1) is 14.6. The number of thioether (sulfide) groups is 1. The molecule has 0 saturated heterocycles. The minimum Gasteiger partial charge on any atom is -0.478 e. The number of rotatable bonds is 7. The Labute approximate surface area is 115 Å². The van der Waals surface area contributed by atoms with Crippen molar-refractivity contribution in [2.45, 2.75) is 37.5 Å². The molecule has 0 radical (unpaired) electrons. The van der Waals surface area contributed by atoms with Crippen LogP contribution in [-0.4, -0.2) is 16.8 Å². The highest BCUT2D eigenvalue weighted by Gasteiger charge is 2.08. The van der Waals surface area contributed by atoms with Crippen molar-refractivity contribution in [2.75, 3.05) is 5.75 Å². The number of carbonyl (C=O) groups is 1. The lowest BCUT2D eigenvalue weighted by Gasteiger charge is -2.04. The fraction of sp³-hybridized carbons (Fsp3) is 0.462. The lowest BCUT2D eigenvalue weighted by molar-refractivity contribution is 0.0695. The van der Waals surface area contributed by atoms with Crippen LogP contribution in [0.5, 0.6) is 0 Å². The number of carboxylic acids is 1. The van der Waals surface area contributed by atoms with Gasteiger partial charge in [-0.25, -0.2) is 4.79 Å². The maximum atomic E-state index is 10.9. The second-order valence-electron chi connectivity index (χ2n) is 3.86. The van der Waals surface area contributed by atoms with Gasteiger partial charge >= 0.3 is 5.97 Å². The zero-order valence-corrected chi connectivity index (χ0v) is 12.3.